The van der Waals surface area contributed by atoms with Gasteiger partial charge in [0.1, 0.15) is 17.2 Å². The van der Waals surface area contributed by atoms with E-state index in [1.54, 1.807) is 38.0 Å². The molecule has 2 aromatic carbocycles. The average Bonchev–Trinajstić information content (AvgIpc) is 3.40. The number of amides is 1. The molecule has 1 aromatic heterocycles. The molecule has 0 saturated heterocycles. The molecule has 1 amide bonds. The van der Waals surface area contributed by atoms with Crippen molar-refractivity contribution < 1.29 is 37.1 Å². The zero-order chi connectivity index (χ0) is 35.0. The minimum absolute atomic E-state index is 0.0499. The molecule has 0 radical (unpaired) electrons. The lowest BCUT2D eigenvalue weighted by molar-refractivity contribution is -0.0177. The molecular weight excluding hydrogens is 636 g/mol. The molecular formula is C35H50N4O8S. The Balaban J connectivity index is 1.63. The standard InChI is InChI=1S/C35H50N4O8S/c1-23-19-39(24(2)22-40)35(41)31-18-29(37-48(42,43)34-26(4)36-47-27(34)5)13-16-32(31)46-25(3)10-8-9-17-45-33(23)21-38(6)20-28-11-14-30(44-7)15-12-28/h11-16,18,23-25,33,37,40H,8-10,17,19-22H2,1-7H3/t23-,24-,25+,33-/m1/s1. The highest BCUT2D eigenvalue weighted by molar-refractivity contribution is 7.92. The summed E-state index contributed by atoms with van der Waals surface area (Å²) >= 11 is 0. The number of nitrogens with one attached hydrogen (secondary N) is 1. The topological polar surface area (TPSA) is 144 Å². The Bertz CT molecular complexity index is 1590. The lowest BCUT2D eigenvalue weighted by Gasteiger charge is -2.36. The van der Waals surface area contributed by atoms with Crippen molar-refractivity contribution in [2.45, 2.75) is 83.6 Å². The van der Waals surface area contributed by atoms with E-state index in [9.17, 15) is 18.3 Å². The number of likely N-dealkylation sites (N-methyl/N-ethyl adjacent to an activating group) is 1. The summed E-state index contributed by atoms with van der Waals surface area (Å²) in [7, 11) is -0.369. The fraction of sp³-hybridized carbons (Fsp3) is 0.543. The van der Waals surface area contributed by atoms with Crippen molar-refractivity contribution >= 4 is 21.6 Å². The Morgan fingerprint density at radius 3 is 2.52 bits per heavy atom. The van der Waals surface area contributed by atoms with Gasteiger partial charge in [0.05, 0.1) is 37.5 Å². The lowest BCUT2D eigenvalue weighted by Crippen LogP contribution is -2.47. The van der Waals surface area contributed by atoms with Crippen LogP contribution in [0.3, 0.4) is 0 Å². The average molecular weight is 687 g/mol. The van der Waals surface area contributed by atoms with Crippen molar-refractivity contribution in [2.24, 2.45) is 5.92 Å². The van der Waals surface area contributed by atoms with Gasteiger partial charge in [-0.15, -0.1) is 0 Å². The third-order valence-corrected chi connectivity index (χ3v) is 10.3. The first-order valence-corrected chi connectivity index (χ1v) is 17.9. The maximum Gasteiger partial charge on any atom is 0.267 e. The molecule has 4 atom stereocenters. The number of sulfonamides is 1. The number of aromatic nitrogens is 1. The molecule has 0 aliphatic carbocycles. The van der Waals surface area contributed by atoms with Gasteiger partial charge in [0.15, 0.2) is 10.7 Å². The molecule has 13 heteroatoms. The van der Waals surface area contributed by atoms with Crippen molar-refractivity contribution in [3.05, 3.63) is 65.0 Å². The maximum atomic E-state index is 14.4. The number of aliphatic hydroxyl groups excluding tert-OH is 1. The van der Waals surface area contributed by atoms with Gasteiger partial charge >= 0.3 is 0 Å². The Kier molecular flexibility index (Phi) is 12.9. The second-order valence-corrected chi connectivity index (χ2v) is 14.4. The van der Waals surface area contributed by atoms with Crippen LogP contribution in [0.15, 0.2) is 51.9 Å². The van der Waals surface area contributed by atoms with Crippen LogP contribution in [0.4, 0.5) is 5.69 Å². The van der Waals surface area contributed by atoms with E-state index in [0.29, 0.717) is 32.0 Å². The number of benzene rings is 2. The van der Waals surface area contributed by atoms with Crippen LogP contribution in [0.25, 0.3) is 0 Å². The second kappa shape index (κ2) is 16.6. The Morgan fingerprint density at radius 2 is 1.88 bits per heavy atom. The molecule has 0 spiro atoms. The van der Waals surface area contributed by atoms with Gasteiger partial charge in [0, 0.05) is 37.8 Å². The second-order valence-electron chi connectivity index (χ2n) is 12.8. The van der Waals surface area contributed by atoms with Crippen molar-refractivity contribution in [3.63, 3.8) is 0 Å². The van der Waals surface area contributed by atoms with E-state index < -0.39 is 16.1 Å². The van der Waals surface area contributed by atoms with Gasteiger partial charge in [-0.05, 0) is 89.9 Å². The Hall–Kier alpha value is -3.65. The first kappa shape index (κ1) is 37.2. The molecule has 3 aromatic rings. The van der Waals surface area contributed by atoms with Crippen LogP contribution in [0.2, 0.25) is 0 Å². The third-order valence-electron chi connectivity index (χ3n) is 8.64. The highest BCUT2D eigenvalue weighted by Gasteiger charge is 2.31. The lowest BCUT2D eigenvalue weighted by atomic mass is 10.0. The summed E-state index contributed by atoms with van der Waals surface area (Å²) in [5, 5.41) is 14.0. The van der Waals surface area contributed by atoms with Crippen LogP contribution < -0.4 is 14.2 Å². The first-order chi connectivity index (χ1) is 22.8. The van der Waals surface area contributed by atoms with Gasteiger partial charge in [-0.25, -0.2) is 8.42 Å². The fourth-order valence-corrected chi connectivity index (χ4v) is 7.31. The molecule has 4 rings (SSSR count). The van der Waals surface area contributed by atoms with Gasteiger partial charge in [-0.3, -0.25) is 14.4 Å². The van der Waals surface area contributed by atoms with Crippen LogP contribution in [0.5, 0.6) is 11.5 Å². The van der Waals surface area contributed by atoms with E-state index in [2.05, 4.69) is 21.7 Å². The van der Waals surface area contributed by atoms with Gasteiger partial charge < -0.3 is 28.7 Å². The maximum absolute atomic E-state index is 14.4. The third kappa shape index (κ3) is 9.49. The van der Waals surface area contributed by atoms with Crippen LogP contribution in [-0.4, -0.2) is 93.1 Å². The molecule has 0 unspecified atom stereocenters. The van der Waals surface area contributed by atoms with Crippen LogP contribution in [0.1, 0.15) is 67.4 Å². The predicted octanol–water partition coefficient (Wildman–Crippen LogP) is 5.03. The SMILES string of the molecule is COc1ccc(CN(C)C[C@H]2OCCCC[C@H](C)Oc3ccc(NS(=O)(=O)c4c(C)noc4C)cc3C(=O)N([C@H](C)CO)C[C@H]2C)cc1. The van der Waals surface area contributed by atoms with E-state index >= 15 is 0 Å². The number of aliphatic hydroxyl groups is 1. The summed E-state index contributed by atoms with van der Waals surface area (Å²) in [5.41, 5.74) is 1.75. The van der Waals surface area contributed by atoms with Crippen LogP contribution in [-0.2, 0) is 21.3 Å². The minimum Gasteiger partial charge on any atom is -0.497 e. The normalized spacial score (nSPS) is 20.5. The number of hydrogen-bond donors (Lipinski definition) is 2. The number of methoxy groups -OCH3 is 1. The number of carbonyl (C=O) groups excluding carboxylic acids is 1. The molecule has 1 aliphatic rings. The van der Waals surface area contributed by atoms with Crippen molar-refractivity contribution in [3.8, 4) is 11.5 Å². The molecule has 48 heavy (non-hydrogen) atoms. The number of anilines is 1. The minimum atomic E-state index is -4.06. The summed E-state index contributed by atoms with van der Waals surface area (Å²) in [5.74, 6) is 0.827. The van der Waals surface area contributed by atoms with E-state index in [4.69, 9.17) is 18.7 Å². The highest BCUT2D eigenvalue weighted by Crippen LogP contribution is 2.30. The smallest absolute Gasteiger partial charge is 0.267 e. The fourth-order valence-electron chi connectivity index (χ4n) is 5.93. The van der Waals surface area contributed by atoms with E-state index in [1.807, 2.05) is 38.2 Å². The molecule has 12 nitrogen and oxygen atoms in total. The summed E-state index contributed by atoms with van der Waals surface area (Å²) in [4.78, 5) is 18.2. The molecule has 0 saturated carbocycles. The van der Waals surface area contributed by atoms with E-state index in [0.717, 1.165) is 30.6 Å². The molecule has 2 heterocycles. The molecule has 264 valence electrons. The summed E-state index contributed by atoms with van der Waals surface area (Å²) in [6.45, 7) is 10.8. The Labute approximate surface area is 284 Å². The molecule has 0 fully saturated rings. The zero-order valence-electron chi connectivity index (χ0n) is 29.1. The van der Waals surface area contributed by atoms with Gasteiger partial charge in [-0.1, -0.05) is 24.2 Å². The molecule has 1 aliphatic heterocycles. The monoisotopic (exact) mass is 686 g/mol. The number of rotatable bonds is 10. The van der Waals surface area contributed by atoms with Crippen LogP contribution in [0, 0.1) is 19.8 Å². The summed E-state index contributed by atoms with van der Waals surface area (Å²) in [6, 6.07) is 12.1. The summed E-state index contributed by atoms with van der Waals surface area (Å²) < 4.78 is 52.3. The van der Waals surface area contributed by atoms with Gasteiger partial charge in [-0.2, -0.15) is 0 Å². The van der Waals surface area contributed by atoms with Crippen molar-refractivity contribution in [1.29, 1.82) is 0 Å². The van der Waals surface area contributed by atoms with E-state index in [-0.39, 0.29) is 58.2 Å². The first-order valence-electron chi connectivity index (χ1n) is 16.4. The number of aryl methyl sites for hydroxylation is 2. The number of hydrogen-bond acceptors (Lipinski definition) is 10. The van der Waals surface area contributed by atoms with Gasteiger partial charge in [0.25, 0.3) is 15.9 Å². The zero-order valence-corrected chi connectivity index (χ0v) is 29.9. The number of nitrogens with zero attached hydrogens (tertiary/aromatic N) is 3. The predicted molar refractivity (Wildman–Crippen MR) is 183 cm³/mol. The van der Waals surface area contributed by atoms with Crippen LogP contribution >= 0.6 is 0 Å². The quantitative estimate of drug-likeness (QED) is 0.298. The number of ether oxygens (including phenoxy) is 3. The summed E-state index contributed by atoms with van der Waals surface area (Å²) in [6.07, 6.45) is 2.06. The Morgan fingerprint density at radius 1 is 1.15 bits per heavy atom. The highest BCUT2D eigenvalue weighted by atomic mass is 32.2. The van der Waals surface area contributed by atoms with E-state index in [1.165, 1.54) is 13.0 Å². The van der Waals surface area contributed by atoms with Crippen molar-refractivity contribution in [2.75, 3.05) is 45.2 Å². The van der Waals surface area contributed by atoms with Crippen molar-refractivity contribution in [1.82, 2.24) is 15.0 Å². The van der Waals surface area contributed by atoms with Gasteiger partial charge in [0.2, 0.25) is 0 Å². The largest absolute Gasteiger partial charge is 0.497 e. The number of fused-ring (bicyclic) bond motifs is 1. The molecule has 0 bridgehead atoms. The molecule has 2 N–H and O–H groups in total. The number of carbonyl (C=O) groups is 1.